The molecule has 2 aromatic rings. The summed E-state index contributed by atoms with van der Waals surface area (Å²) in [6, 6.07) is 4.37. The van der Waals surface area contributed by atoms with Gasteiger partial charge in [-0.1, -0.05) is 18.5 Å². The lowest BCUT2D eigenvalue weighted by atomic mass is 10.2. The molecule has 0 aliphatic rings. The lowest BCUT2D eigenvalue weighted by molar-refractivity contribution is 0.542. The third kappa shape index (κ3) is 3.52. The Bertz CT molecular complexity index is 453. The van der Waals surface area contributed by atoms with Crippen molar-refractivity contribution in [2.24, 2.45) is 0 Å². The fraction of sp³-hybridized carbons (Fsp3) is 0.417. The molecule has 0 aromatic carbocycles. The Kier molecular flexibility index (Phi) is 4.56. The third-order valence-corrected chi connectivity index (χ3v) is 5.04. The Hall–Kier alpha value is -0.420. The summed E-state index contributed by atoms with van der Waals surface area (Å²) < 4.78 is 0.849. The highest BCUT2D eigenvalue weighted by Gasteiger charge is 2.12. The molecule has 0 aliphatic carbocycles. The monoisotopic (exact) mass is 286 g/mol. The summed E-state index contributed by atoms with van der Waals surface area (Å²) in [5.74, 6) is 0.452. The number of thiophene rings is 1. The van der Waals surface area contributed by atoms with Gasteiger partial charge in [0.2, 0.25) is 0 Å². The van der Waals surface area contributed by atoms with Crippen molar-refractivity contribution < 1.29 is 0 Å². The van der Waals surface area contributed by atoms with Crippen LogP contribution in [-0.2, 0) is 0 Å². The first-order valence-electron chi connectivity index (χ1n) is 5.55. The van der Waals surface area contributed by atoms with Gasteiger partial charge in [0, 0.05) is 35.0 Å². The highest BCUT2D eigenvalue weighted by atomic mass is 35.5. The van der Waals surface area contributed by atoms with E-state index >= 15 is 0 Å². The van der Waals surface area contributed by atoms with E-state index in [1.54, 1.807) is 22.7 Å². The van der Waals surface area contributed by atoms with E-state index < -0.39 is 0 Å². The molecule has 0 radical (unpaired) electrons. The number of rotatable bonds is 5. The van der Waals surface area contributed by atoms with Crippen LogP contribution < -0.4 is 5.32 Å². The van der Waals surface area contributed by atoms with Gasteiger partial charge in [0.15, 0.2) is 0 Å². The fourth-order valence-electron chi connectivity index (χ4n) is 1.58. The van der Waals surface area contributed by atoms with E-state index in [0.29, 0.717) is 12.0 Å². The van der Waals surface area contributed by atoms with E-state index in [-0.39, 0.29) is 0 Å². The predicted octanol–water partition coefficient (Wildman–Crippen LogP) is 4.31. The molecular formula is C12H15ClN2S2. The molecule has 2 unspecified atom stereocenters. The van der Waals surface area contributed by atoms with Crippen molar-refractivity contribution in [2.45, 2.75) is 25.8 Å². The second kappa shape index (κ2) is 5.96. The first kappa shape index (κ1) is 13.0. The molecule has 2 aromatic heterocycles. The second-order valence-electron chi connectivity index (χ2n) is 4.04. The number of hydrogen-bond donors (Lipinski definition) is 1. The van der Waals surface area contributed by atoms with E-state index in [0.717, 1.165) is 10.9 Å². The molecule has 2 rings (SSSR count). The highest BCUT2D eigenvalue weighted by molar-refractivity contribution is 7.16. The zero-order valence-corrected chi connectivity index (χ0v) is 12.2. The molecule has 1 N–H and O–H groups in total. The number of hydrogen-bond acceptors (Lipinski definition) is 4. The lowest BCUT2D eigenvalue weighted by Gasteiger charge is -2.15. The van der Waals surface area contributed by atoms with Crippen LogP contribution in [0, 0.1) is 0 Å². The maximum Gasteiger partial charge on any atom is 0.0965 e. The number of nitrogens with zero attached hydrogens (tertiary/aromatic N) is 1. The smallest absolute Gasteiger partial charge is 0.0965 e. The van der Waals surface area contributed by atoms with Crippen LogP contribution in [0.15, 0.2) is 23.7 Å². The number of aromatic nitrogens is 1. The fourth-order valence-corrected chi connectivity index (χ4v) is 3.37. The zero-order valence-electron chi connectivity index (χ0n) is 9.81. The highest BCUT2D eigenvalue weighted by Crippen LogP contribution is 2.27. The minimum atomic E-state index is 0.343. The largest absolute Gasteiger partial charge is 0.309 e. The van der Waals surface area contributed by atoms with Gasteiger partial charge in [0.05, 0.1) is 9.34 Å². The van der Waals surface area contributed by atoms with Crippen LogP contribution in [0.1, 0.15) is 35.7 Å². The van der Waals surface area contributed by atoms with Crippen molar-refractivity contribution in [3.05, 3.63) is 37.9 Å². The van der Waals surface area contributed by atoms with Crippen LogP contribution in [0.2, 0.25) is 4.34 Å². The van der Waals surface area contributed by atoms with Crippen LogP contribution in [0.5, 0.6) is 0 Å². The summed E-state index contributed by atoms with van der Waals surface area (Å²) in [4.78, 5) is 5.61. The van der Waals surface area contributed by atoms with Gasteiger partial charge in [-0.2, -0.15) is 0 Å². The molecule has 2 atom stereocenters. The Morgan fingerprint density at radius 3 is 2.82 bits per heavy atom. The molecule has 0 fully saturated rings. The van der Waals surface area contributed by atoms with E-state index in [4.69, 9.17) is 11.6 Å². The minimum absolute atomic E-state index is 0.343. The summed E-state index contributed by atoms with van der Waals surface area (Å²) in [6.07, 6.45) is 1.86. The van der Waals surface area contributed by atoms with Gasteiger partial charge in [-0.05, 0) is 19.1 Å². The van der Waals surface area contributed by atoms with Crippen molar-refractivity contribution in [3.8, 4) is 0 Å². The molecule has 0 amide bonds. The lowest BCUT2D eigenvalue weighted by Crippen LogP contribution is -2.22. The second-order valence-corrected chi connectivity index (χ2v) is 6.72. The molecule has 5 heteroatoms. The van der Waals surface area contributed by atoms with Gasteiger partial charge >= 0.3 is 0 Å². The quantitative estimate of drug-likeness (QED) is 0.886. The van der Waals surface area contributed by atoms with Gasteiger partial charge < -0.3 is 5.32 Å². The van der Waals surface area contributed by atoms with Crippen LogP contribution in [0.25, 0.3) is 0 Å². The van der Waals surface area contributed by atoms with Gasteiger partial charge in [-0.3, -0.25) is 0 Å². The summed E-state index contributed by atoms with van der Waals surface area (Å²) in [5.41, 5.74) is 0. The maximum atomic E-state index is 5.93. The van der Waals surface area contributed by atoms with Crippen LogP contribution in [-0.4, -0.2) is 11.5 Å². The van der Waals surface area contributed by atoms with Crippen LogP contribution in [0.4, 0.5) is 0 Å². The number of nitrogens with one attached hydrogen (secondary N) is 1. The molecule has 92 valence electrons. The average Bonchev–Trinajstić information content (AvgIpc) is 2.95. The van der Waals surface area contributed by atoms with Crippen molar-refractivity contribution in [1.82, 2.24) is 10.3 Å². The normalized spacial score (nSPS) is 14.8. The summed E-state index contributed by atoms with van der Waals surface area (Å²) in [5, 5.41) is 6.73. The molecule has 2 heterocycles. The third-order valence-electron chi connectivity index (χ3n) is 2.62. The molecule has 0 aliphatic heterocycles. The van der Waals surface area contributed by atoms with Crippen molar-refractivity contribution >= 4 is 34.3 Å². The Morgan fingerprint density at radius 1 is 1.41 bits per heavy atom. The molecule has 0 spiro atoms. The van der Waals surface area contributed by atoms with Gasteiger partial charge in [-0.25, -0.2) is 4.98 Å². The van der Waals surface area contributed by atoms with E-state index in [9.17, 15) is 0 Å². The summed E-state index contributed by atoms with van der Waals surface area (Å²) >= 11 is 9.28. The molecule has 0 bridgehead atoms. The van der Waals surface area contributed by atoms with Crippen molar-refractivity contribution in [3.63, 3.8) is 0 Å². The van der Waals surface area contributed by atoms with Gasteiger partial charge in [0.25, 0.3) is 0 Å². The van der Waals surface area contributed by atoms with Gasteiger partial charge in [0.1, 0.15) is 0 Å². The number of thiazole rings is 1. The first-order chi connectivity index (χ1) is 8.16. The predicted molar refractivity (Wildman–Crippen MR) is 76.3 cm³/mol. The standard InChI is InChI=1S/C12H15ClN2S2/c1-8(12-14-5-6-16-12)7-15-9(2)10-3-4-11(13)17-10/h3-6,8-9,15H,7H2,1-2H3. The first-order valence-corrected chi connectivity index (χ1v) is 7.62. The molecule has 17 heavy (non-hydrogen) atoms. The average molecular weight is 287 g/mol. The van der Waals surface area contributed by atoms with Crippen molar-refractivity contribution in [2.75, 3.05) is 6.54 Å². The van der Waals surface area contributed by atoms with E-state index in [1.165, 1.54) is 9.88 Å². The minimum Gasteiger partial charge on any atom is -0.309 e. The van der Waals surface area contributed by atoms with Gasteiger partial charge in [-0.15, -0.1) is 22.7 Å². The summed E-state index contributed by atoms with van der Waals surface area (Å²) in [7, 11) is 0. The molecule has 0 saturated carbocycles. The summed E-state index contributed by atoms with van der Waals surface area (Å²) in [6.45, 7) is 5.29. The van der Waals surface area contributed by atoms with E-state index in [1.807, 2.05) is 17.6 Å². The Morgan fingerprint density at radius 2 is 2.24 bits per heavy atom. The van der Waals surface area contributed by atoms with Crippen LogP contribution in [0.3, 0.4) is 0 Å². The Balaban J connectivity index is 1.86. The van der Waals surface area contributed by atoms with Crippen LogP contribution >= 0.6 is 34.3 Å². The molecular weight excluding hydrogens is 272 g/mol. The zero-order chi connectivity index (χ0) is 12.3. The van der Waals surface area contributed by atoms with E-state index in [2.05, 4.69) is 30.2 Å². The topological polar surface area (TPSA) is 24.9 Å². The van der Waals surface area contributed by atoms with Crippen molar-refractivity contribution in [1.29, 1.82) is 0 Å². The Labute approximate surface area is 115 Å². The molecule has 2 nitrogen and oxygen atoms in total. The molecule has 0 saturated heterocycles. The maximum absolute atomic E-state index is 5.93. The SMILES string of the molecule is CC(CNC(C)c1ccc(Cl)s1)c1nccs1. The number of halogens is 1.